The summed E-state index contributed by atoms with van der Waals surface area (Å²) in [6.07, 6.45) is 6.97. The third-order valence-corrected chi connectivity index (χ3v) is 4.07. The van der Waals surface area contributed by atoms with E-state index in [4.69, 9.17) is 4.55 Å². The molecule has 4 heteroatoms. The minimum Gasteiger partial charge on any atom is -0.286 e. The summed E-state index contributed by atoms with van der Waals surface area (Å²) in [6.45, 7) is 2.20. The van der Waals surface area contributed by atoms with E-state index in [0.717, 1.165) is 19.3 Å². The van der Waals surface area contributed by atoms with Gasteiger partial charge in [-0.25, -0.2) is 0 Å². The molecular formula is C15H24O3S. The predicted octanol–water partition coefficient (Wildman–Crippen LogP) is 3.63. The van der Waals surface area contributed by atoms with E-state index in [9.17, 15) is 8.42 Å². The maximum Gasteiger partial charge on any atom is 0.264 e. The Morgan fingerprint density at radius 2 is 1.47 bits per heavy atom. The molecule has 1 N–H and O–H groups in total. The number of unbranched alkanes of at least 4 members (excludes halogenated alkanes) is 3. The van der Waals surface area contributed by atoms with Crippen LogP contribution in [0.25, 0.3) is 0 Å². The van der Waals surface area contributed by atoms with Gasteiger partial charge in [0.05, 0.1) is 5.75 Å². The van der Waals surface area contributed by atoms with Crippen molar-refractivity contribution in [1.29, 1.82) is 0 Å². The van der Waals surface area contributed by atoms with Gasteiger partial charge in [-0.3, -0.25) is 4.55 Å². The molecule has 1 aromatic rings. The molecule has 3 nitrogen and oxygen atoms in total. The third-order valence-electron chi connectivity index (χ3n) is 3.27. The molecule has 0 aliphatic carbocycles. The van der Waals surface area contributed by atoms with E-state index in [0.29, 0.717) is 6.42 Å². The van der Waals surface area contributed by atoms with E-state index in [2.05, 4.69) is 25.1 Å². The highest BCUT2D eigenvalue weighted by atomic mass is 32.2. The van der Waals surface area contributed by atoms with Crippen LogP contribution in [0.4, 0.5) is 0 Å². The maximum absolute atomic E-state index is 10.6. The zero-order valence-corrected chi connectivity index (χ0v) is 12.5. The minimum atomic E-state index is -3.81. The van der Waals surface area contributed by atoms with Crippen LogP contribution in [-0.4, -0.2) is 18.7 Å². The first-order valence-electron chi connectivity index (χ1n) is 7.05. The third kappa shape index (κ3) is 7.33. The lowest BCUT2D eigenvalue weighted by Gasteiger charge is -2.09. The fourth-order valence-corrected chi connectivity index (χ4v) is 2.78. The van der Waals surface area contributed by atoms with Crippen LogP contribution in [0.3, 0.4) is 0 Å². The van der Waals surface area contributed by atoms with Crippen LogP contribution in [0.15, 0.2) is 24.3 Å². The number of rotatable bonds is 9. The van der Waals surface area contributed by atoms with E-state index in [1.165, 1.54) is 30.4 Å². The largest absolute Gasteiger partial charge is 0.286 e. The van der Waals surface area contributed by atoms with E-state index in [1.54, 1.807) is 0 Å². The SMILES string of the molecule is CCCCCc1ccccc1CCCCS(=O)(=O)O. The molecule has 1 aromatic carbocycles. The van der Waals surface area contributed by atoms with E-state index >= 15 is 0 Å². The normalized spacial score (nSPS) is 11.7. The van der Waals surface area contributed by atoms with Crippen molar-refractivity contribution in [3.8, 4) is 0 Å². The van der Waals surface area contributed by atoms with Gasteiger partial charge in [-0.05, 0) is 43.2 Å². The van der Waals surface area contributed by atoms with Crippen molar-refractivity contribution in [3.05, 3.63) is 35.4 Å². The zero-order chi connectivity index (χ0) is 14.1. The van der Waals surface area contributed by atoms with Gasteiger partial charge in [0.25, 0.3) is 10.1 Å². The average molecular weight is 284 g/mol. The Morgan fingerprint density at radius 1 is 0.947 bits per heavy atom. The number of hydrogen-bond donors (Lipinski definition) is 1. The zero-order valence-electron chi connectivity index (χ0n) is 11.6. The summed E-state index contributed by atoms with van der Waals surface area (Å²) in [5.74, 6) is -0.134. The van der Waals surface area contributed by atoms with Crippen LogP contribution in [0, 0.1) is 0 Å². The second-order valence-electron chi connectivity index (χ2n) is 4.97. The molecule has 0 unspecified atom stereocenters. The van der Waals surface area contributed by atoms with Crippen molar-refractivity contribution in [2.45, 2.75) is 51.9 Å². The Hall–Kier alpha value is -0.870. The van der Waals surface area contributed by atoms with Gasteiger partial charge in [-0.2, -0.15) is 8.42 Å². The first-order valence-corrected chi connectivity index (χ1v) is 8.66. The van der Waals surface area contributed by atoms with Gasteiger partial charge in [-0.15, -0.1) is 0 Å². The maximum atomic E-state index is 10.6. The molecule has 19 heavy (non-hydrogen) atoms. The molecule has 0 saturated carbocycles. The van der Waals surface area contributed by atoms with Gasteiger partial charge in [0.15, 0.2) is 0 Å². The van der Waals surface area contributed by atoms with Gasteiger partial charge in [0, 0.05) is 0 Å². The monoisotopic (exact) mass is 284 g/mol. The van der Waals surface area contributed by atoms with Crippen molar-refractivity contribution >= 4 is 10.1 Å². The second-order valence-corrected chi connectivity index (χ2v) is 6.54. The second kappa shape index (κ2) is 8.33. The summed E-state index contributed by atoms with van der Waals surface area (Å²) in [6, 6.07) is 8.37. The molecule has 0 aliphatic heterocycles. The summed E-state index contributed by atoms with van der Waals surface area (Å²) < 4.78 is 30.0. The standard InChI is InChI=1S/C15H24O3S/c1-2-3-4-9-14-10-5-6-11-15(14)12-7-8-13-19(16,17)18/h5-6,10-11H,2-4,7-9,12-13H2,1H3,(H,16,17,18). The fraction of sp³-hybridized carbons (Fsp3) is 0.600. The van der Waals surface area contributed by atoms with Crippen molar-refractivity contribution < 1.29 is 13.0 Å². The summed E-state index contributed by atoms with van der Waals surface area (Å²) in [5, 5.41) is 0. The summed E-state index contributed by atoms with van der Waals surface area (Å²) in [7, 11) is -3.81. The lowest BCUT2D eigenvalue weighted by atomic mass is 9.98. The molecule has 1 rings (SSSR count). The van der Waals surface area contributed by atoms with Crippen molar-refractivity contribution in [2.24, 2.45) is 0 Å². The van der Waals surface area contributed by atoms with Gasteiger partial charge >= 0.3 is 0 Å². The average Bonchev–Trinajstić information content (AvgIpc) is 2.35. The molecule has 0 amide bonds. The first-order chi connectivity index (χ1) is 9.03. The van der Waals surface area contributed by atoms with Gasteiger partial charge in [0.1, 0.15) is 0 Å². The molecule has 0 heterocycles. The van der Waals surface area contributed by atoms with Crippen LogP contribution in [0.5, 0.6) is 0 Å². The van der Waals surface area contributed by atoms with Crippen LogP contribution in [0.2, 0.25) is 0 Å². The quantitative estimate of drug-likeness (QED) is 0.556. The molecule has 0 atom stereocenters. The number of aryl methyl sites for hydroxylation is 2. The molecule has 0 aliphatic rings. The van der Waals surface area contributed by atoms with Crippen molar-refractivity contribution in [2.75, 3.05) is 5.75 Å². The van der Waals surface area contributed by atoms with Crippen LogP contribution < -0.4 is 0 Å². The molecule has 108 valence electrons. The predicted molar refractivity (Wildman–Crippen MR) is 79.0 cm³/mol. The number of benzene rings is 1. The Bertz CT molecular complexity index is 466. The Balaban J connectivity index is 2.44. The summed E-state index contributed by atoms with van der Waals surface area (Å²) in [5.41, 5.74) is 2.69. The molecular weight excluding hydrogens is 260 g/mol. The van der Waals surface area contributed by atoms with Crippen LogP contribution in [0.1, 0.15) is 50.2 Å². The van der Waals surface area contributed by atoms with Crippen LogP contribution in [-0.2, 0) is 23.0 Å². The van der Waals surface area contributed by atoms with E-state index in [1.807, 2.05) is 6.07 Å². The van der Waals surface area contributed by atoms with Gasteiger partial charge in [0.2, 0.25) is 0 Å². The first kappa shape index (κ1) is 16.2. The van der Waals surface area contributed by atoms with E-state index < -0.39 is 10.1 Å². The minimum absolute atomic E-state index is 0.134. The Morgan fingerprint density at radius 3 is 1.95 bits per heavy atom. The lowest BCUT2D eigenvalue weighted by molar-refractivity contribution is 0.480. The van der Waals surface area contributed by atoms with E-state index in [-0.39, 0.29) is 5.75 Å². The Labute approximate surface area is 116 Å². The molecule has 0 bridgehead atoms. The smallest absolute Gasteiger partial charge is 0.264 e. The van der Waals surface area contributed by atoms with Gasteiger partial charge < -0.3 is 0 Å². The molecule has 0 spiro atoms. The highest BCUT2D eigenvalue weighted by Gasteiger charge is 2.05. The summed E-state index contributed by atoms with van der Waals surface area (Å²) in [4.78, 5) is 0. The van der Waals surface area contributed by atoms with Gasteiger partial charge in [-0.1, -0.05) is 44.0 Å². The summed E-state index contributed by atoms with van der Waals surface area (Å²) >= 11 is 0. The van der Waals surface area contributed by atoms with Crippen molar-refractivity contribution in [3.63, 3.8) is 0 Å². The highest BCUT2D eigenvalue weighted by Crippen LogP contribution is 2.15. The molecule has 0 aromatic heterocycles. The van der Waals surface area contributed by atoms with Crippen LogP contribution >= 0.6 is 0 Å². The molecule has 0 radical (unpaired) electrons. The molecule has 0 saturated heterocycles. The highest BCUT2D eigenvalue weighted by molar-refractivity contribution is 7.85. The number of hydrogen-bond acceptors (Lipinski definition) is 2. The lowest BCUT2D eigenvalue weighted by Crippen LogP contribution is -2.04. The molecule has 0 fully saturated rings. The Kier molecular flexibility index (Phi) is 7.10. The topological polar surface area (TPSA) is 54.4 Å². The fourth-order valence-electron chi connectivity index (χ4n) is 2.21. The van der Waals surface area contributed by atoms with Crippen molar-refractivity contribution in [1.82, 2.24) is 0 Å².